The van der Waals surface area contributed by atoms with Crippen molar-refractivity contribution in [1.29, 1.82) is 0 Å². The van der Waals surface area contributed by atoms with Gasteiger partial charge < -0.3 is 13.6 Å². The van der Waals surface area contributed by atoms with Crippen LogP contribution in [0.4, 0.5) is 0 Å². The molecule has 516 valence electrons. The molecule has 0 N–H and O–H groups in total. The molecule has 0 atom stereocenters. The fraction of sp³-hybridized carbons (Fsp3) is 0. The summed E-state index contributed by atoms with van der Waals surface area (Å²) in [5, 5.41) is 7.31. The van der Waals surface area contributed by atoms with Gasteiger partial charge in [-0.1, -0.05) is 358 Å². The van der Waals surface area contributed by atoms with Gasteiger partial charge in [0, 0.05) is 53.8 Å². The summed E-state index contributed by atoms with van der Waals surface area (Å²) < 4.78 is 13.7. The van der Waals surface area contributed by atoms with Crippen molar-refractivity contribution in [2.24, 2.45) is 0 Å². The second kappa shape index (κ2) is 28.3. The van der Waals surface area contributed by atoms with E-state index in [2.05, 4.69) is 422 Å². The first kappa shape index (κ1) is 65.4. The summed E-state index contributed by atoms with van der Waals surface area (Å²) in [6.07, 6.45) is 0. The monoisotopic (exact) mass is 1420 g/mol. The number of furan rings is 1. The van der Waals surface area contributed by atoms with Crippen molar-refractivity contribution in [3.8, 4) is 134 Å². The maximum absolute atomic E-state index is 6.14. The summed E-state index contributed by atoms with van der Waals surface area (Å²) in [6.45, 7) is 0. The molecule has 4 heterocycles. The Morgan fingerprint density at radius 2 is 0.500 bits per heavy atom. The van der Waals surface area contributed by atoms with Gasteiger partial charge >= 0.3 is 0 Å². The molecule has 0 unspecified atom stereocenters. The van der Waals surface area contributed by atoms with Crippen LogP contribution in [-0.2, 0) is 0 Å². The molecular formula is C106H70N2OS. The van der Waals surface area contributed by atoms with E-state index >= 15 is 0 Å². The first-order chi connectivity index (χ1) is 54.5. The van der Waals surface area contributed by atoms with Crippen LogP contribution in [0.3, 0.4) is 0 Å². The molecule has 0 bridgehead atoms. The lowest BCUT2D eigenvalue weighted by Crippen LogP contribution is -1.98. The van der Waals surface area contributed by atoms with E-state index in [0.29, 0.717) is 0 Å². The van der Waals surface area contributed by atoms with Crippen molar-refractivity contribution >= 4 is 75.3 Å². The van der Waals surface area contributed by atoms with Crippen molar-refractivity contribution < 1.29 is 4.42 Å². The zero-order valence-corrected chi connectivity index (χ0v) is 60.9. The van der Waals surface area contributed by atoms with E-state index < -0.39 is 0 Å². The molecule has 3 nitrogen and oxygen atoms in total. The largest absolute Gasteiger partial charge is 0.456 e. The van der Waals surface area contributed by atoms with E-state index in [1.807, 2.05) is 23.5 Å². The van der Waals surface area contributed by atoms with E-state index in [9.17, 15) is 0 Å². The molecule has 0 aliphatic heterocycles. The van der Waals surface area contributed by atoms with Crippen LogP contribution in [0.25, 0.3) is 198 Å². The van der Waals surface area contributed by atoms with Crippen molar-refractivity contribution in [3.05, 3.63) is 425 Å². The van der Waals surface area contributed by atoms with Crippen LogP contribution in [0.5, 0.6) is 0 Å². The molecule has 4 heteroatoms. The molecule has 4 aromatic heterocycles. The molecule has 0 fully saturated rings. The van der Waals surface area contributed by atoms with E-state index in [0.717, 1.165) is 49.8 Å². The molecule has 0 saturated heterocycles. The van der Waals surface area contributed by atoms with Gasteiger partial charge in [0.25, 0.3) is 0 Å². The van der Waals surface area contributed by atoms with Gasteiger partial charge in [0.2, 0.25) is 0 Å². The third-order valence-corrected chi connectivity index (χ3v) is 22.9. The standard InChI is InChI=1S/C56H37NO.C50H33NS/c1-4-12-38(13-5-1)40-20-22-42(23-21-40)46-30-34-52-51(37-46)55(44-26-24-41(25-27-44)39-14-6-2-7-15-39)56(45-16-8-3-9-17-45)57(52)48-32-28-43(29-33-48)47-31-35-54-50(36-47)49-18-10-11-19-53(49)58-54;1-4-13-34(14-5-1)36-23-25-38(26-24-36)41-31-32-45-44(33-41)48(39-29-27-37(28-30-39)35-15-6-2-7-16-35)49(40-17-8-3-9-18-40)51(45)46-21-12-20-43-42-19-10-11-22-47(42)52-50(43)46/h1-37H;1-33H. The van der Waals surface area contributed by atoms with Crippen molar-refractivity contribution in [2.75, 3.05) is 0 Å². The molecule has 0 spiro atoms. The predicted octanol–water partition coefficient (Wildman–Crippen LogP) is 29.9. The minimum Gasteiger partial charge on any atom is -0.456 e. The van der Waals surface area contributed by atoms with Gasteiger partial charge in [-0.3, -0.25) is 0 Å². The minimum absolute atomic E-state index is 0.906. The maximum atomic E-state index is 6.14. The predicted molar refractivity (Wildman–Crippen MR) is 467 cm³/mol. The summed E-state index contributed by atoms with van der Waals surface area (Å²) in [4.78, 5) is 0. The minimum atomic E-state index is 0.906. The molecule has 21 rings (SSSR count). The van der Waals surface area contributed by atoms with Crippen LogP contribution < -0.4 is 0 Å². The van der Waals surface area contributed by atoms with Crippen LogP contribution in [0, 0.1) is 0 Å². The highest BCUT2D eigenvalue weighted by atomic mass is 32.1. The number of para-hydroxylation sites is 1. The average Bonchev–Trinajstić information content (AvgIpc) is 1.58. The summed E-state index contributed by atoms with van der Waals surface area (Å²) in [5.74, 6) is 0. The molecule has 0 radical (unpaired) electrons. The van der Waals surface area contributed by atoms with Gasteiger partial charge in [-0.15, -0.1) is 11.3 Å². The van der Waals surface area contributed by atoms with Gasteiger partial charge in [-0.2, -0.15) is 0 Å². The van der Waals surface area contributed by atoms with E-state index in [-0.39, 0.29) is 0 Å². The Labute approximate surface area is 643 Å². The zero-order valence-electron chi connectivity index (χ0n) is 60.1. The Hall–Kier alpha value is -14.2. The fourth-order valence-electron chi connectivity index (χ4n) is 16.3. The second-order valence-corrected chi connectivity index (χ2v) is 29.2. The lowest BCUT2D eigenvalue weighted by Gasteiger charge is -2.14. The second-order valence-electron chi connectivity index (χ2n) is 28.2. The van der Waals surface area contributed by atoms with Gasteiger partial charge in [-0.25, -0.2) is 0 Å². The van der Waals surface area contributed by atoms with E-state index in [1.54, 1.807) is 0 Å². The summed E-state index contributed by atoms with van der Waals surface area (Å²) in [7, 11) is 0. The summed E-state index contributed by atoms with van der Waals surface area (Å²) >= 11 is 1.88. The molecule has 0 amide bonds. The zero-order chi connectivity index (χ0) is 72.9. The quantitative estimate of drug-likeness (QED) is 0.113. The fourth-order valence-corrected chi connectivity index (χ4v) is 17.5. The first-order valence-corrected chi connectivity index (χ1v) is 38.4. The number of rotatable bonds is 13. The summed E-state index contributed by atoms with van der Waals surface area (Å²) in [6, 6.07) is 154. The number of hydrogen-bond acceptors (Lipinski definition) is 2. The third-order valence-electron chi connectivity index (χ3n) is 21.7. The molecular weight excluding hydrogens is 1350 g/mol. The molecule has 17 aromatic carbocycles. The smallest absolute Gasteiger partial charge is 0.135 e. The maximum Gasteiger partial charge on any atom is 0.135 e. The Morgan fingerprint density at radius 3 is 0.955 bits per heavy atom. The van der Waals surface area contributed by atoms with Crippen LogP contribution in [0.2, 0.25) is 0 Å². The molecule has 0 saturated carbocycles. The Kier molecular flexibility index (Phi) is 16.8. The van der Waals surface area contributed by atoms with E-state index in [4.69, 9.17) is 4.42 Å². The molecule has 0 aliphatic rings. The number of aromatic nitrogens is 2. The van der Waals surface area contributed by atoms with Crippen molar-refractivity contribution in [3.63, 3.8) is 0 Å². The van der Waals surface area contributed by atoms with Crippen LogP contribution >= 0.6 is 11.3 Å². The number of fused-ring (bicyclic) bond motifs is 8. The van der Waals surface area contributed by atoms with Crippen molar-refractivity contribution in [2.45, 2.75) is 0 Å². The van der Waals surface area contributed by atoms with Gasteiger partial charge in [0.15, 0.2) is 0 Å². The highest BCUT2D eigenvalue weighted by Crippen LogP contribution is 2.49. The van der Waals surface area contributed by atoms with Crippen LogP contribution in [0.15, 0.2) is 429 Å². The first-order valence-electron chi connectivity index (χ1n) is 37.6. The topological polar surface area (TPSA) is 23.0 Å². The number of benzene rings is 17. The van der Waals surface area contributed by atoms with Gasteiger partial charge in [-0.05, 0) is 167 Å². The average molecular weight is 1420 g/mol. The number of nitrogens with zero attached hydrogens (tertiary/aromatic N) is 2. The third kappa shape index (κ3) is 12.1. The number of hydrogen-bond donors (Lipinski definition) is 0. The molecule has 0 aliphatic carbocycles. The lowest BCUT2D eigenvalue weighted by molar-refractivity contribution is 0.669. The van der Waals surface area contributed by atoms with E-state index in [1.165, 1.54) is 148 Å². The SMILES string of the molecule is c1ccc(-c2ccc(-c3ccc4c(c3)c(-c3ccc(-c5ccccc5)cc3)c(-c3ccccc3)n4-c3ccc(-c4ccc5oc6ccccc6c5c4)cc3)cc2)cc1.c1ccc(-c2ccc(-c3ccc4c(c3)c(-c3ccc(-c5ccccc5)cc3)c(-c3ccccc3)n4-c3cccc4c3sc3ccccc34)cc2)cc1. The highest BCUT2D eigenvalue weighted by molar-refractivity contribution is 7.26. The highest BCUT2D eigenvalue weighted by Gasteiger charge is 2.26. The molecule has 110 heavy (non-hydrogen) atoms. The Morgan fingerprint density at radius 1 is 0.191 bits per heavy atom. The molecule has 21 aromatic rings. The normalized spacial score (nSPS) is 11.5. The number of thiophene rings is 1. The Bertz CT molecular complexity index is 6900. The lowest BCUT2D eigenvalue weighted by atomic mass is 9.94. The van der Waals surface area contributed by atoms with Crippen molar-refractivity contribution in [1.82, 2.24) is 9.13 Å². The van der Waals surface area contributed by atoms with Gasteiger partial charge in [0.05, 0.1) is 32.8 Å². The van der Waals surface area contributed by atoms with Gasteiger partial charge in [0.1, 0.15) is 11.2 Å². The summed E-state index contributed by atoms with van der Waals surface area (Å²) in [5.41, 5.74) is 32.8. The van der Waals surface area contributed by atoms with Crippen LogP contribution in [-0.4, -0.2) is 9.13 Å². The Balaban J connectivity index is 0.000000145. The van der Waals surface area contributed by atoms with Crippen LogP contribution in [0.1, 0.15) is 0 Å².